The summed E-state index contributed by atoms with van der Waals surface area (Å²) < 4.78 is 0. The number of anilines is 1. The number of benzene rings is 2. The molecular weight excluding hydrogens is 358 g/mol. The van der Waals surface area contributed by atoms with Crippen molar-refractivity contribution in [3.8, 4) is 0 Å². The lowest BCUT2D eigenvalue weighted by atomic mass is 9.72. The number of amides is 1. The molecule has 0 spiro atoms. The standard InChI is InChI=1S/C25H33N3O/c1-20-7-6-10-23(19-20)28-15-11-22(12-16-28)26-24(29)25(13-17-27(2)18-14-25)21-8-4-3-5-9-21/h3-10,19,22H,11-18H2,1-2H3,(H,26,29). The van der Waals surface area contributed by atoms with Gasteiger partial charge in [0.25, 0.3) is 0 Å². The average molecular weight is 392 g/mol. The van der Waals surface area contributed by atoms with Crippen molar-refractivity contribution in [2.75, 3.05) is 38.1 Å². The van der Waals surface area contributed by atoms with E-state index in [1.54, 1.807) is 0 Å². The number of nitrogens with one attached hydrogen (secondary N) is 1. The van der Waals surface area contributed by atoms with Gasteiger partial charge < -0.3 is 15.1 Å². The third-order valence-corrected chi connectivity index (χ3v) is 6.80. The highest BCUT2D eigenvalue weighted by Gasteiger charge is 2.43. The summed E-state index contributed by atoms with van der Waals surface area (Å²) in [5.41, 5.74) is 3.38. The topological polar surface area (TPSA) is 35.6 Å². The Morgan fingerprint density at radius 2 is 1.66 bits per heavy atom. The number of hydrogen-bond donors (Lipinski definition) is 1. The van der Waals surface area contributed by atoms with Crippen LogP contribution in [0.3, 0.4) is 0 Å². The van der Waals surface area contributed by atoms with Crippen molar-refractivity contribution < 1.29 is 4.79 Å². The number of likely N-dealkylation sites (tertiary alicyclic amines) is 1. The van der Waals surface area contributed by atoms with E-state index in [9.17, 15) is 4.79 Å². The Hall–Kier alpha value is -2.33. The maximum absolute atomic E-state index is 13.5. The maximum atomic E-state index is 13.5. The molecule has 29 heavy (non-hydrogen) atoms. The van der Waals surface area contributed by atoms with Crippen LogP contribution in [-0.4, -0.2) is 50.1 Å². The number of aryl methyl sites for hydroxylation is 1. The van der Waals surface area contributed by atoms with E-state index in [1.807, 2.05) is 6.07 Å². The van der Waals surface area contributed by atoms with E-state index >= 15 is 0 Å². The van der Waals surface area contributed by atoms with Gasteiger partial charge in [-0.05, 0) is 76.0 Å². The Kier molecular flexibility index (Phi) is 5.91. The van der Waals surface area contributed by atoms with Crippen molar-refractivity contribution >= 4 is 11.6 Å². The summed E-state index contributed by atoms with van der Waals surface area (Å²) in [6.45, 7) is 6.06. The van der Waals surface area contributed by atoms with Crippen LogP contribution in [0.5, 0.6) is 0 Å². The molecule has 2 heterocycles. The molecule has 0 unspecified atom stereocenters. The first-order valence-corrected chi connectivity index (χ1v) is 10.9. The van der Waals surface area contributed by atoms with Crippen LogP contribution in [0, 0.1) is 6.92 Å². The highest BCUT2D eigenvalue weighted by atomic mass is 16.2. The molecule has 0 aliphatic carbocycles. The number of hydrogen-bond acceptors (Lipinski definition) is 3. The molecule has 4 heteroatoms. The molecule has 0 bridgehead atoms. The Bertz CT molecular complexity index is 819. The summed E-state index contributed by atoms with van der Waals surface area (Å²) in [7, 11) is 2.15. The number of carbonyl (C=O) groups excluding carboxylic acids is 1. The summed E-state index contributed by atoms with van der Waals surface area (Å²) in [4.78, 5) is 18.3. The second kappa shape index (κ2) is 8.58. The van der Waals surface area contributed by atoms with Crippen LogP contribution in [-0.2, 0) is 10.2 Å². The van der Waals surface area contributed by atoms with Gasteiger partial charge >= 0.3 is 0 Å². The smallest absolute Gasteiger partial charge is 0.230 e. The van der Waals surface area contributed by atoms with Gasteiger partial charge in [0.2, 0.25) is 5.91 Å². The van der Waals surface area contributed by atoms with Crippen LogP contribution < -0.4 is 10.2 Å². The SMILES string of the molecule is Cc1cccc(N2CCC(NC(=O)C3(c4ccccc4)CCN(C)CC3)CC2)c1. The average Bonchev–Trinajstić information content (AvgIpc) is 2.75. The van der Waals surface area contributed by atoms with E-state index in [4.69, 9.17) is 0 Å². The van der Waals surface area contributed by atoms with Gasteiger partial charge in [0.1, 0.15) is 0 Å². The summed E-state index contributed by atoms with van der Waals surface area (Å²) >= 11 is 0. The molecule has 0 radical (unpaired) electrons. The Morgan fingerprint density at radius 3 is 2.31 bits per heavy atom. The molecule has 4 rings (SSSR count). The molecule has 4 nitrogen and oxygen atoms in total. The van der Waals surface area contributed by atoms with Gasteiger partial charge in [0.05, 0.1) is 5.41 Å². The maximum Gasteiger partial charge on any atom is 0.230 e. The van der Waals surface area contributed by atoms with E-state index in [0.29, 0.717) is 0 Å². The molecule has 0 atom stereocenters. The first kappa shape index (κ1) is 20.0. The minimum Gasteiger partial charge on any atom is -0.371 e. The number of piperidine rings is 2. The van der Waals surface area contributed by atoms with Crippen molar-refractivity contribution in [2.24, 2.45) is 0 Å². The van der Waals surface area contributed by atoms with E-state index in [1.165, 1.54) is 16.8 Å². The Balaban J connectivity index is 1.42. The van der Waals surface area contributed by atoms with Gasteiger partial charge in [-0.3, -0.25) is 4.79 Å². The second-order valence-electron chi connectivity index (χ2n) is 8.83. The number of carbonyl (C=O) groups is 1. The molecule has 1 amide bonds. The van der Waals surface area contributed by atoms with Crippen molar-refractivity contribution in [3.05, 3.63) is 65.7 Å². The van der Waals surface area contributed by atoms with Crippen molar-refractivity contribution in [1.82, 2.24) is 10.2 Å². The Morgan fingerprint density at radius 1 is 0.966 bits per heavy atom. The fraction of sp³-hybridized carbons (Fsp3) is 0.480. The zero-order chi connectivity index (χ0) is 20.3. The lowest BCUT2D eigenvalue weighted by Crippen LogP contribution is -2.54. The molecule has 1 N–H and O–H groups in total. The highest BCUT2D eigenvalue weighted by molar-refractivity contribution is 5.88. The quantitative estimate of drug-likeness (QED) is 0.862. The van der Waals surface area contributed by atoms with Gasteiger partial charge in [-0.1, -0.05) is 42.5 Å². The highest BCUT2D eigenvalue weighted by Crippen LogP contribution is 2.36. The zero-order valence-electron chi connectivity index (χ0n) is 17.7. The molecule has 2 aliphatic heterocycles. The first-order valence-electron chi connectivity index (χ1n) is 10.9. The van der Waals surface area contributed by atoms with Crippen LogP contribution in [0.1, 0.15) is 36.8 Å². The van der Waals surface area contributed by atoms with E-state index in [-0.39, 0.29) is 17.4 Å². The number of nitrogens with zero attached hydrogens (tertiary/aromatic N) is 2. The summed E-state index contributed by atoms with van der Waals surface area (Å²) in [6.07, 6.45) is 3.79. The molecule has 2 aromatic carbocycles. The summed E-state index contributed by atoms with van der Waals surface area (Å²) in [6, 6.07) is 19.4. The van der Waals surface area contributed by atoms with Crippen LogP contribution >= 0.6 is 0 Å². The van der Waals surface area contributed by atoms with Crippen molar-refractivity contribution in [2.45, 2.75) is 44.1 Å². The third kappa shape index (κ3) is 4.32. The van der Waals surface area contributed by atoms with Crippen molar-refractivity contribution in [3.63, 3.8) is 0 Å². The summed E-state index contributed by atoms with van der Waals surface area (Å²) in [5, 5.41) is 3.44. The largest absolute Gasteiger partial charge is 0.371 e. The normalized spacial score (nSPS) is 20.4. The molecular formula is C25H33N3O. The van der Waals surface area contributed by atoms with E-state index in [0.717, 1.165) is 51.9 Å². The third-order valence-electron chi connectivity index (χ3n) is 6.80. The molecule has 154 valence electrons. The van der Waals surface area contributed by atoms with Crippen LogP contribution in [0.25, 0.3) is 0 Å². The zero-order valence-corrected chi connectivity index (χ0v) is 17.7. The first-order chi connectivity index (χ1) is 14.1. The van der Waals surface area contributed by atoms with Crippen LogP contribution in [0.2, 0.25) is 0 Å². The van der Waals surface area contributed by atoms with Crippen LogP contribution in [0.15, 0.2) is 54.6 Å². The minimum atomic E-state index is -0.387. The predicted molar refractivity (Wildman–Crippen MR) is 119 cm³/mol. The van der Waals surface area contributed by atoms with Gasteiger partial charge in [-0.25, -0.2) is 0 Å². The molecule has 2 saturated heterocycles. The number of rotatable bonds is 4. The lowest BCUT2D eigenvalue weighted by molar-refractivity contribution is -0.129. The Labute approximate surface area is 174 Å². The minimum absolute atomic E-state index is 0.228. The molecule has 2 aromatic rings. The second-order valence-corrected chi connectivity index (χ2v) is 8.83. The summed E-state index contributed by atoms with van der Waals surface area (Å²) in [5.74, 6) is 0.228. The molecule has 2 fully saturated rings. The van der Waals surface area contributed by atoms with Crippen molar-refractivity contribution in [1.29, 1.82) is 0 Å². The fourth-order valence-corrected chi connectivity index (χ4v) is 4.83. The lowest BCUT2D eigenvalue weighted by Gasteiger charge is -2.41. The molecule has 2 aliphatic rings. The fourth-order valence-electron chi connectivity index (χ4n) is 4.83. The van der Waals surface area contributed by atoms with Gasteiger partial charge in [0, 0.05) is 24.8 Å². The monoisotopic (exact) mass is 391 g/mol. The van der Waals surface area contributed by atoms with Crippen LogP contribution in [0.4, 0.5) is 5.69 Å². The van der Waals surface area contributed by atoms with Gasteiger partial charge in [-0.15, -0.1) is 0 Å². The predicted octanol–water partition coefficient (Wildman–Crippen LogP) is 3.74. The van der Waals surface area contributed by atoms with E-state index < -0.39 is 0 Å². The van der Waals surface area contributed by atoms with Gasteiger partial charge in [-0.2, -0.15) is 0 Å². The van der Waals surface area contributed by atoms with E-state index in [2.05, 4.69) is 77.6 Å². The van der Waals surface area contributed by atoms with Gasteiger partial charge in [0.15, 0.2) is 0 Å². The molecule has 0 saturated carbocycles. The molecule has 0 aromatic heterocycles.